The number of hydrogen-bond donors (Lipinski definition) is 10. The van der Waals surface area contributed by atoms with Crippen LogP contribution in [0.2, 0.25) is 15.7 Å². The molecule has 0 unspecified atom stereocenters. The number of primary amides is 3. The van der Waals surface area contributed by atoms with E-state index in [4.69, 9.17) is 77.8 Å². The fraction of sp³-hybridized carbons (Fsp3) is 0.820. The maximum atomic E-state index is 13.1. The van der Waals surface area contributed by atoms with E-state index >= 15 is 0 Å². The summed E-state index contributed by atoms with van der Waals surface area (Å²) in [4.78, 5) is 73.2. The Kier molecular flexibility index (Phi) is 33.9. The van der Waals surface area contributed by atoms with Crippen LogP contribution in [-0.4, -0.2) is 108 Å². The van der Waals surface area contributed by atoms with Gasteiger partial charge < -0.3 is 65.8 Å². The summed E-state index contributed by atoms with van der Waals surface area (Å²) < 4.78 is 0. The van der Waals surface area contributed by atoms with Crippen molar-refractivity contribution in [1.29, 1.82) is 0 Å². The molecule has 3 fully saturated rings. The van der Waals surface area contributed by atoms with Gasteiger partial charge in [0.25, 0.3) is 24.2 Å². The van der Waals surface area contributed by atoms with Crippen LogP contribution in [0.5, 0.6) is 0 Å². The molecule has 3 heterocycles. The van der Waals surface area contributed by atoms with E-state index in [1.807, 2.05) is 27.7 Å². The molecular formula is C89H160Cl3K2N13O9. The van der Waals surface area contributed by atoms with E-state index < -0.39 is 100 Å². The molecule has 3 aromatic rings. The van der Waals surface area contributed by atoms with Crippen LogP contribution < -0.4 is 147 Å². The van der Waals surface area contributed by atoms with Crippen LogP contribution >= 0.6 is 34.8 Å². The molecule has 0 saturated heterocycles. The standard InChI is InChI=1S/C38H71N5O2.C25H43ClN4O2.C19H39NO.C6H5Cl2N3O.CH2O3.2K.H/c1-23-24(25(39)44)26(41-27(40-23)43-38(29(5,6)7,30(8,9)10)31(11,12)13)42-36(21)33(16,17)32(14,15)35(20,28(2,3)4)37(22,45)34(36,18)19;1-14-15(16(27)31)17(29-18(26)28-14)30-24(12)21(7,8)20(5,6)23(11,19(2,3)4)25(13,32)22(24,9)10;1-13(2,3)17(10)14(4,5)15(6,7)18(11,20)16(8,9)19(17,12)21;1-2-3(5(9)12)4(7)11-6(8)10-2;2-1-4-3;;;/h45H,1-22H3,(H2,39,44)(H2,40,41,42,43);32H,1-13H3,(H2,27,31)(H,28,29,30);21H,20H2,1-12H3;1H3,(H2,9,12);1,3H;;;/q;;;;;2*+1;-1/p-1/t35-,36-,37-;23-,24-,25-;17-,18-,19-;;;;;/m111...../s1. The van der Waals surface area contributed by atoms with E-state index in [2.05, 4.69) is 332 Å². The Balaban J connectivity index is 0. The fourth-order valence-electron chi connectivity index (χ4n) is 24.2. The van der Waals surface area contributed by atoms with Crippen molar-refractivity contribution in [1.82, 2.24) is 29.9 Å². The Morgan fingerprint density at radius 2 is 0.638 bits per heavy atom. The van der Waals surface area contributed by atoms with Crippen LogP contribution in [0.1, 0.15) is 361 Å². The molecule has 3 amide bonds. The van der Waals surface area contributed by atoms with E-state index in [9.17, 15) is 29.7 Å². The number of amides is 3. The number of halogens is 3. The maximum absolute atomic E-state index is 13.1. The minimum Gasteiger partial charge on any atom is -1.00 e. The van der Waals surface area contributed by atoms with Gasteiger partial charge in [-0.3, -0.25) is 19.2 Å². The van der Waals surface area contributed by atoms with Crippen molar-refractivity contribution in [3.8, 4) is 0 Å². The second-order valence-electron chi connectivity index (χ2n) is 46.0. The van der Waals surface area contributed by atoms with Gasteiger partial charge in [-0.25, -0.2) is 19.9 Å². The molecule has 6 rings (SSSR count). The van der Waals surface area contributed by atoms with Crippen molar-refractivity contribution in [2.75, 3.05) is 16.0 Å². The van der Waals surface area contributed by atoms with E-state index in [0.29, 0.717) is 34.7 Å². The zero-order valence-electron chi connectivity index (χ0n) is 83.0. The largest absolute Gasteiger partial charge is 1.00 e. The number of carbonyl (C=O) groups excluding carboxylic acids is 4. The number of nitrogens with two attached hydrogens (primary N) is 4. The first-order valence-electron chi connectivity index (χ1n) is 40.1. The molecule has 3 saturated carbocycles. The average Bonchev–Trinajstić information content (AvgIpc) is 0.658. The van der Waals surface area contributed by atoms with E-state index in [1.54, 1.807) is 13.8 Å². The first-order valence-corrected chi connectivity index (χ1v) is 41.2. The Labute approximate surface area is 803 Å². The summed E-state index contributed by atoms with van der Waals surface area (Å²) in [5, 5.41) is 56.8. The Hall–Kier alpha value is -1.54. The molecule has 9 atom stereocenters. The molecule has 116 heavy (non-hydrogen) atoms. The summed E-state index contributed by atoms with van der Waals surface area (Å²) in [5.41, 5.74) is 14.0. The van der Waals surface area contributed by atoms with Gasteiger partial charge in [-0.1, -0.05) is 282 Å². The Morgan fingerprint density at radius 3 is 0.888 bits per heavy atom. The topological polar surface area (TPSA) is 379 Å². The van der Waals surface area contributed by atoms with E-state index in [1.165, 1.54) is 0 Å². The minimum atomic E-state index is -1.14. The van der Waals surface area contributed by atoms with Gasteiger partial charge in [0.2, 0.25) is 16.5 Å². The summed E-state index contributed by atoms with van der Waals surface area (Å²) in [6, 6.07) is 0. The van der Waals surface area contributed by atoms with Crippen molar-refractivity contribution in [3.63, 3.8) is 0 Å². The molecule has 22 nitrogen and oxygen atoms in total. The smallest absolute Gasteiger partial charge is 1.00 e. The fourth-order valence-corrected chi connectivity index (χ4v) is 25.0. The minimum absolute atomic E-state index is 0. The molecular weight excluding hydrogens is 1580 g/mol. The van der Waals surface area contributed by atoms with E-state index in [-0.39, 0.29) is 197 Å². The number of rotatable bonds is 10. The van der Waals surface area contributed by atoms with Crippen molar-refractivity contribution >= 4 is 76.6 Å². The third kappa shape index (κ3) is 16.6. The number of carbonyl (C=O) groups is 4. The van der Waals surface area contributed by atoms with Crippen molar-refractivity contribution in [2.45, 2.75) is 371 Å². The van der Waals surface area contributed by atoms with Crippen LogP contribution in [0.25, 0.3) is 0 Å². The molecule has 0 aromatic carbocycles. The number of aryl methyl sites for hydroxylation is 3. The number of nitrogens with zero attached hydrogens (tertiary/aromatic N) is 6. The maximum Gasteiger partial charge on any atom is 1.00 e. The molecule has 27 heteroatoms. The van der Waals surface area contributed by atoms with Gasteiger partial charge >= 0.3 is 103 Å². The van der Waals surface area contributed by atoms with Crippen molar-refractivity contribution in [2.24, 2.45) is 120 Å². The Bertz CT molecular complexity index is 3940. The van der Waals surface area contributed by atoms with Crippen LogP contribution in [0, 0.1) is 118 Å². The number of aliphatic hydroxyl groups is 3. The Morgan fingerprint density at radius 1 is 0.397 bits per heavy atom. The third-order valence-corrected chi connectivity index (χ3v) is 36.1. The normalized spacial score (nSPS) is 29.9. The van der Waals surface area contributed by atoms with Crippen LogP contribution in [0.4, 0.5) is 17.6 Å². The number of aromatic nitrogens is 6. The molecule has 14 N–H and O–H groups in total. The number of nitrogens with one attached hydrogen (secondary N) is 3. The molecule has 3 aliphatic carbocycles. The monoisotopic (exact) mass is 1740 g/mol. The van der Waals surface area contributed by atoms with Crippen LogP contribution in [0.3, 0.4) is 0 Å². The number of hydrogen-bond acceptors (Lipinski definition) is 19. The molecule has 658 valence electrons. The summed E-state index contributed by atoms with van der Waals surface area (Å²) in [5.74, 6) is -0.741. The van der Waals surface area contributed by atoms with Gasteiger partial charge in [-0.2, -0.15) is 9.97 Å². The summed E-state index contributed by atoms with van der Waals surface area (Å²) in [6.45, 7) is 104. The van der Waals surface area contributed by atoms with Crippen molar-refractivity contribution in [3.05, 3.63) is 49.5 Å². The zero-order valence-corrected chi connectivity index (χ0v) is 90.5. The average molecular weight is 1740 g/mol. The summed E-state index contributed by atoms with van der Waals surface area (Å²) in [6.07, 6.45) is 0. The van der Waals surface area contributed by atoms with E-state index in [0.717, 1.165) is 0 Å². The van der Waals surface area contributed by atoms with Crippen LogP contribution in [0.15, 0.2) is 0 Å². The second-order valence-corrected chi connectivity index (χ2v) is 47.0. The summed E-state index contributed by atoms with van der Waals surface area (Å²) in [7, 11) is 0. The van der Waals surface area contributed by atoms with Gasteiger partial charge in [0, 0.05) is 49.1 Å². The van der Waals surface area contributed by atoms with Gasteiger partial charge in [0.15, 0.2) is 0 Å². The summed E-state index contributed by atoms with van der Waals surface area (Å²) >= 11 is 17.2. The number of anilines is 3. The predicted molar refractivity (Wildman–Crippen MR) is 469 cm³/mol. The van der Waals surface area contributed by atoms with Gasteiger partial charge in [-0.05, 0) is 150 Å². The van der Waals surface area contributed by atoms with Gasteiger partial charge in [-0.15, -0.1) is 0 Å². The van der Waals surface area contributed by atoms with Gasteiger partial charge in [0.05, 0.1) is 45.0 Å². The molecule has 3 aromatic heterocycles. The molecule has 0 spiro atoms. The predicted octanol–water partition coefficient (Wildman–Crippen LogP) is 13.2. The molecule has 3 aliphatic rings. The third-order valence-electron chi connectivity index (χ3n) is 35.5. The van der Waals surface area contributed by atoms with Crippen LogP contribution in [-0.2, 0) is 9.68 Å². The van der Waals surface area contributed by atoms with Gasteiger partial charge in [0.1, 0.15) is 27.9 Å². The first kappa shape index (κ1) is 114. The molecule has 0 bridgehead atoms. The quantitative estimate of drug-likeness (QED) is 0.0225. The molecule has 0 aliphatic heterocycles. The zero-order chi connectivity index (χ0) is 91.9. The van der Waals surface area contributed by atoms with Crippen molar-refractivity contribution < 1.29 is 149 Å². The SMILES string of the molecule is CC1(C)C(C)(C)[C@@](C)(C(C)(C)C)[C@](C)(O)C(C)(C)[C@]1(C)N.Cc1nc(Cl)nc(Cl)c1C(N)=O.Cc1nc(Cl)nc(N[C@]2(C)C(C)(C)C(C)(C)[C@@](C)(C(C)(C)C)[C@](C)(O)C2(C)C)c1C(N)=O.Cc1nc(NC(C(C)(C)C)(C(C)(C)C)C(C)(C)C)nc(N[C@]2(C)C(C)(C)C(C)(C)[C@@](C)(C(C)(C)C)[C@](C)(O)C2(C)C)c1C(N)=O.O=CO[O-].[H-].[K+].[K+]. The second kappa shape index (κ2) is 34.3. The first-order chi connectivity index (χ1) is 49.5. The molecule has 0 radical (unpaired) electrons.